The molecule has 0 radical (unpaired) electrons. The van der Waals surface area contributed by atoms with Gasteiger partial charge in [-0.05, 0) is 51.8 Å². The molecule has 0 spiro atoms. The van der Waals surface area contributed by atoms with E-state index in [1.54, 1.807) is 18.2 Å². The summed E-state index contributed by atoms with van der Waals surface area (Å²) in [7, 11) is 1.37. The molecule has 3 aromatic rings. The Labute approximate surface area is 171 Å². The molecule has 0 heterocycles. The zero-order valence-corrected chi connectivity index (χ0v) is 16.7. The number of hydrogen-bond donors (Lipinski definition) is 0. The van der Waals surface area contributed by atoms with E-state index in [1.807, 2.05) is 30.3 Å². The third-order valence-corrected chi connectivity index (χ3v) is 4.64. The van der Waals surface area contributed by atoms with Crippen molar-refractivity contribution in [2.45, 2.75) is 6.61 Å². The van der Waals surface area contributed by atoms with Crippen molar-refractivity contribution in [2.75, 3.05) is 13.7 Å². The maximum atomic E-state index is 13.8. The topological polar surface area (TPSA) is 44.8 Å². The Morgan fingerprint density at radius 1 is 0.964 bits per heavy atom. The standard InChI is InChI=1S/C22H18BrFO4/c1-26-21-10-7-16(11-19(21)24)20(25)14-28-22-12-17(8-9-18(22)23)27-13-15-5-3-2-4-6-15/h2-12H,13-14H2,1H3. The summed E-state index contributed by atoms with van der Waals surface area (Å²) >= 11 is 3.39. The fourth-order valence-electron chi connectivity index (χ4n) is 2.49. The van der Waals surface area contributed by atoms with Gasteiger partial charge in [0.05, 0.1) is 11.6 Å². The average molecular weight is 445 g/mol. The first kappa shape index (κ1) is 19.9. The highest BCUT2D eigenvalue weighted by molar-refractivity contribution is 9.10. The minimum absolute atomic E-state index is 0.0866. The molecule has 0 saturated carbocycles. The first-order valence-corrected chi connectivity index (χ1v) is 9.32. The van der Waals surface area contributed by atoms with E-state index in [1.165, 1.54) is 19.2 Å². The largest absolute Gasteiger partial charge is 0.494 e. The average Bonchev–Trinajstić information content (AvgIpc) is 2.72. The van der Waals surface area contributed by atoms with E-state index in [2.05, 4.69) is 15.9 Å². The van der Waals surface area contributed by atoms with Crippen LogP contribution in [0.2, 0.25) is 0 Å². The van der Waals surface area contributed by atoms with Gasteiger partial charge in [0.15, 0.2) is 24.0 Å². The summed E-state index contributed by atoms with van der Waals surface area (Å²) in [5, 5.41) is 0. The number of Topliss-reactive ketones (excluding diaryl/α,β-unsaturated/α-hetero) is 1. The lowest BCUT2D eigenvalue weighted by molar-refractivity contribution is 0.0920. The van der Waals surface area contributed by atoms with Gasteiger partial charge < -0.3 is 14.2 Å². The van der Waals surface area contributed by atoms with Gasteiger partial charge in [-0.15, -0.1) is 0 Å². The number of methoxy groups -OCH3 is 1. The number of rotatable bonds is 8. The van der Waals surface area contributed by atoms with Crippen molar-refractivity contribution >= 4 is 21.7 Å². The summed E-state index contributed by atoms with van der Waals surface area (Å²) < 4.78 is 30.7. The van der Waals surface area contributed by atoms with Crippen molar-refractivity contribution in [3.63, 3.8) is 0 Å². The monoisotopic (exact) mass is 444 g/mol. The van der Waals surface area contributed by atoms with Crippen LogP contribution >= 0.6 is 15.9 Å². The maximum absolute atomic E-state index is 13.8. The Morgan fingerprint density at radius 2 is 1.75 bits per heavy atom. The van der Waals surface area contributed by atoms with Gasteiger partial charge in [0, 0.05) is 11.6 Å². The van der Waals surface area contributed by atoms with Gasteiger partial charge in [0.2, 0.25) is 0 Å². The molecule has 3 aromatic carbocycles. The first-order chi connectivity index (χ1) is 13.6. The van der Waals surface area contributed by atoms with Gasteiger partial charge in [-0.2, -0.15) is 0 Å². The van der Waals surface area contributed by atoms with Crippen LogP contribution in [0.25, 0.3) is 0 Å². The van der Waals surface area contributed by atoms with Crippen LogP contribution in [0, 0.1) is 5.82 Å². The minimum Gasteiger partial charge on any atom is -0.494 e. The van der Waals surface area contributed by atoms with Crippen molar-refractivity contribution in [1.29, 1.82) is 0 Å². The van der Waals surface area contributed by atoms with Crippen molar-refractivity contribution < 1.29 is 23.4 Å². The molecule has 0 aliphatic heterocycles. The Bertz CT molecular complexity index is 960. The predicted octanol–water partition coefficient (Wildman–Crippen LogP) is 5.44. The van der Waals surface area contributed by atoms with Gasteiger partial charge >= 0.3 is 0 Å². The molecular formula is C22H18BrFO4. The van der Waals surface area contributed by atoms with Gasteiger partial charge in [0.25, 0.3) is 0 Å². The van der Waals surface area contributed by atoms with Crippen molar-refractivity contribution in [3.05, 3.63) is 88.1 Å². The number of halogens is 2. The fraction of sp³-hybridized carbons (Fsp3) is 0.136. The molecule has 0 aliphatic carbocycles. The molecule has 0 aliphatic rings. The molecule has 4 nitrogen and oxygen atoms in total. The molecule has 28 heavy (non-hydrogen) atoms. The van der Waals surface area contributed by atoms with Crippen molar-refractivity contribution in [3.8, 4) is 17.2 Å². The smallest absolute Gasteiger partial charge is 0.200 e. The van der Waals surface area contributed by atoms with E-state index in [-0.39, 0.29) is 23.7 Å². The lowest BCUT2D eigenvalue weighted by Gasteiger charge is -2.11. The van der Waals surface area contributed by atoms with Gasteiger partial charge in [-0.3, -0.25) is 4.79 Å². The second-order valence-corrected chi connectivity index (χ2v) is 6.78. The SMILES string of the molecule is COc1ccc(C(=O)COc2cc(OCc3ccccc3)ccc2Br)cc1F. The Kier molecular flexibility index (Phi) is 6.66. The van der Waals surface area contributed by atoms with Crippen LogP contribution in [0.15, 0.2) is 71.2 Å². The molecule has 0 fully saturated rings. The molecule has 0 aromatic heterocycles. The highest BCUT2D eigenvalue weighted by atomic mass is 79.9. The summed E-state index contributed by atoms with van der Waals surface area (Å²) in [6, 6.07) is 19.1. The van der Waals surface area contributed by atoms with Crippen LogP contribution in [0.4, 0.5) is 4.39 Å². The first-order valence-electron chi connectivity index (χ1n) is 8.52. The maximum Gasteiger partial charge on any atom is 0.200 e. The summed E-state index contributed by atoms with van der Waals surface area (Å²) in [6.45, 7) is 0.193. The number of ether oxygens (including phenoxy) is 3. The van der Waals surface area contributed by atoms with E-state index < -0.39 is 5.82 Å². The van der Waals surface area contributed by atoms with E-state index >= 15 is 0 Å². The molecule has 3 rings (SSSR count). The highest BCUT2D eigenvalue weighted by Gasteiger charge is 2.12. The summed E-state index contributed by atoms with van der Waals surface area (Å²) in [5.74, 6) is 0.233. The molecule has 0 amide bonds. The Morgan fingerprint density at radius 3 is 2.46 bits per heavy atom. The minimum atomic E-state index is -0.592. The number of benzene rings is 3. The number of ketones is 1. The second kappa shape index (κ2) is 9.37. The van der Waals surface area contributed by atoms with Crippen molar-refractivity contribution in [2.24, 2.45) is 0 Å². The van der Waals surface area contributed by atoms with E-state index in [0.29, 0.717) is 22.6 Å². The summed E-state index contributed by atoms with van der Waals surface area (Å²) in [4.78, 5) is 12.3. The molecule has 0 saturated heterocycles. The van der Waals surface area contributed by atoms with Crippen molar-refractivity contribution in [1.82, 2.24) is 0 Å². The Balaban J connectivity index is 1.63. The third kappa shape index (κ3) is 5.10. The van der Waals surface area contributed by atoms with E-state index in [4.69, 9.17) is 14.2 Å². The van der Waals surface area contributed by atoms with Crippen LogP contribution in [0.5, 0.6) is 17.2 Å². The molecule has 0 unspecified atom stereocenters. The summed E-state index contributed by atoms with van der Waals surface area (Å²) in [5.41, 5.74) is 1.26. The quantitative estimate of drug-likeness (QED) is 0.434. The third-order valence-electron chi connectivity index (χ3n) is 3.98. The molecule has 144 valence electrons. The van der Waals surface area contributed by atoms with E-state index in [0.717, 1.165) is 11.6 Å². The predicted molar refractivity (Wildman–Crippen MR) is 108 cm³/mol. The Hall–Kier alpha value is -2.86. The van der Waals surface area contributed by atoms with Crippen LogP contribution in [0.3, 0.4) is 0 Å². The number of hydrogen-bond acceptors (Lipinski definition) is 4. The number of carbonyl (C=O) groups is 1. The van der Waals surface area contributed by atoms with Crippen LogP contribution in [-0.2, 0) is 6.61 Å². The normalized spacial score (nSPS) is 10.4. The van der Waals surface area contributed by atoms with Crippen LogP contribution in [-0.4, -0.2) is 19.5 Å². The van der Waals surface area contributed by atoms with Gasteiger partial charge in [0.1, 0.15) is 18.1 Å². The fourth-order valence-corrected chi connectivity index (χ4v) is 2.85. The zero-order chi connectivity index (χ0) is 19.9. The van der Waals surface area contributed by atoms with Gasteiger partial charge in [-0.25, -0.2) is 4.39 Å². The lowest BCUT2D eigenvalue weighted by atomic mass is 10.1. The molecular weight excluding hydrogens is 427 g/mol. The highest BCUT2D eigenvalue weighted by Crippen LogP contribution is 2.30. The van der Waals surface area contributed by atoms with Crippen LogP contribution in [0.1, 0.15) is 15.9 Å². The number of carbonyl (C=O) groups excluding carboxylic acids is 1. The van der Waals surface area contributed by atoms with E-state index in [9.17, 15) is 9.18 Å². The molecule has 0 atom stereocenters. The molecule has 0 bridgehead atoms. The van der Waals surface area contributed by atoms with Crippen LogP contribution < -0.4 is 14.2 Å². The zero-order valence-electron chi connectivity index (χ0n) is 15.2. The van der Waals surface area contributed by atoms with Gasteiger partial charge in [-0.1, -0.05) is 30.3 Å². The molecule has 6 heteroatoms. The lowest BCUT2D eigenvalue weighted by Crippen LogP contribution is -2.12. The molecule has 0 N–H and O–H groups in total. The summed E-state index contributed by atoms with van der Waals surface area (Å²) in [6.07, 6.45) is 0. The second-order valence-electron chi connectivity index (χ2n) is 5.93.